The van der Waals surface area contributed by atoms with Crippen molar-refractivity contribution < 1.29 is 0 Å². The van der Waals surface area contributed by atoms with Crippen LogP contribution in [0.25, 0.3) is 85.9 Å². The van der Waals surface area contributed by atoms with Crippen molar-refractivity contribution in [1.82, 2.24) is 9.13 Å². The van der Waals surface area contributed by atoms with E-state index >= 15 is 0 Å². The molecule has 3 heterocycles. The average Bonchev–Trinajstić information content (AvgIpc) is 3.85. The van der Waals surface area contributed by atoms with E-state index in [0.29, 0.717) is 0 Å². The van der Waals surface area contributed by atoms with Crippen molar-refractivity contribution in [3.8, 4) is 11.4 Å². The number of rotatable bonds is 2. The lowest BCUT2D eigenvalue weighted by molar-refractivity contribution is 1.03. The van der Waals surface area contributed by atoms with E-state index in [0.717, 1.165) is 12.8 Å². The van der Waals surface area contributed by atoms with Gasteiger partial charge in [-0.25, -0.2) is 0 Å². The first-order valence-corrected chi connectivity index (χ1v) is 18.6. The van der Waals surface area contributed by atoms with E-state index in [-0.39, 0.29) is 0 Å². The summed E-state index contributed by atoms with van der Waals surface area (Å²) in [7, 11) is 0. The fourth-order valence-electron chi connectivity index (χ4n) is 9.24. The molecule has 3 aromatic heterocycles. The van der Waals surface area contributed by atoms with Crippen LogP contribution in [0.2, 0.25) is 0 Å². The molecule has 0 radical (unpaired) electrons. The number of para-hydroxylation sites is 3. The van der Waals surface area contributed by atoms with Crippen molar-refractivity contribution in [1.29, 1.82) is 0 Å². The Hall–Kier alpha value is -6.16. The maximum absolute atomic E-state index is 2.58. The Morgan fingerprint density at radius 2 is 0.902 bits per heavy atom. The molecule has 0 amide bonds. The summed E-state index contributed by atoms with van der Waals surface area (Å²) in [5.41, 5.74) is 13.3. The van der Waals surface area contributed by atoms with E-state index in [2.05, 4.69) is 167 Å². The molecule has 51 heavy (non-hydrogen) atoms. The first kappa shape index (κ1) is 27.6. The van der Waals surface area contributed by atoms with Crippen molar-refractivity contribution in [3.05, 3.63) is 180 Å². The van der Waals surface area contributed by atoms with E-state index in [1.165, 1.54) is 108 Å². The highest BCUT2D eigenvalue weighted by atomic mass is 32.1. The Morgan fingerprint density at radius 3 is 1.55 bits per heavy atom. The molecular formula is C48H30N2S. The minimum atomic E-state index is 0.912. The Morgan fingerprint density at radius 1 is 0.392 bits per heavy atom. The van der Waals surface area contributed by atoms with Gasteiger partial charge in [-0.2, -0.15) is 0 Å². The number of benzene rings is 8. The van der Waals surface area contributed by atoms with Crippen LogP contribution in [-0.2, 0) is 12.8 Å². The lowest BCUT2D eigenvalue weighted by Crippen LogP contribution is -2.10. The molecule has 0 spiro atoms. The van der Waals surface area contributed by atoms with Gasteiger partial charge in [-0.1, -0.05) is 109 Å². The molecule has 12 rings (SSSR count). The molecule has 0 aliphatic heterocycles. The molecule has 238 valence electrons. The fourth-order valence-corrected chi connectivity index (χ4v) is 10.3. The van der Waals surface area contributed by atoms with Gasteiger partial charge in [-0.15, -0.1) is 11.3 Å². The molecule has 2 nitrogen and oxygen atoms in total. The van der Waals surface area contributed by atoms with E-state index < -0.39 is 0 Å². The second-order valence-electron chi connectivity index (χ2n) is 14.0. The van der Waals surface area contributed by atoms with E-state index in [4.69, 9.17) is 0 Å². The van der Waals surface area contributed by atoms with Gasteiger partial charge in [-0.05, 0) is 94.4 Å². The molecular weight excluding hydrogens is 637 g/mol. The monoisotopic (exact) mass is 666 g/mol. The quantitative estimate of drug-likeness (QED) is 0.174. The van der Waals surface area contributed by atoms with Crippen LogP contribution in [0.15, 0.2) is 158 Å². The van der Waals surface area contributed by atoms with Crippen LogP contribution in [0.4, 0.5) is 0 Å². The standard InChI is InChI=1S/C48H30N2S/c1-2-14-33(15-3-1)49-41-19-9-6-17-36(41)45-39-26-31-24-29-12-4-5-13-30(29)25-32(31)27-40(39)46-37-18-7-10-20-42(37)50(48(46)47(45)49)34-22-23-44-38(28-34)35-16-8-11-21-43(35)51-44/h1-25,28H,26-27H2. The molecule has 0 bridgehead atoms. The third kappa shape index (κ3) is 3.76. The smallest absolute Gasteiger partial charge is 0.0792 e. The zero-order valence-electron chi connectivity index (χ0n) is 27.7. The number of hydrogen-bond acceptors (Lipinski definition) is 1. The Labute approximate surface area is 298 Å². The highest BCUT2D eigenvalue weighted by Crippen LogP contribution is 2.49. The summed E-state index contributed by atoms with van der Waals surface area (Å²) < 4.78 is 7.77. The van der Waals surface area contributed by atoms with Crippen molar-refractivity contribution in [3.63, 3.8) is 0 Å². The molecule has 1 aliphatic carbocycles. The highest BCUT2D eigenvalue weighted by molar-refractivity contribution is 7.25. The Kier molecular flexibility index (Phi) is 5.52. The third-order valence-corrected chi connectivity index (χ3v) is 12.5. The summed E-state index contributed by atoms with van der Waals surface area (Å²) in [6.45, 7) is 0. The zero-order valence-corrected chi connectivity index (χ0v) is 28.5. The van der Waals surface area contributed by atoms with Crippen LogP contribution in [0, 0.1) is 0 Å². The van der Waals surface area contributed by atoms with Crippen LogP contribution < -0.4 is 0 Å². The Bertz CT molecular complexity index is 3250. The number of thiophene rings is 1. The van der Waals surface area contributed by atoms with Crippen molar-refractivity contribution in [2.24, 2.45) is 0 Å². The molecule has 0 saturated heterocycles. The van der Waals surface area contributed by atoms with Crippen molar-refractivity contribution >= 4 is 85.9 Å². The largest absolute Gasteiger partial charge is 0.307 e. The summed E-state index contributed by atoms with van der Waals surface area (Å²) in [4.78, 5) is 0. The number of aromatic nitrogens is 2. The lowest BCUT2D eigenvalue weighted by Gasteiger charge is -2.24. The third-order valence-electron chi connectivity index (χ3n) is 11.4. The topological polar surface area (TPSA) is 9.86 Å². The number of nitrogens with zero attached hydrogens (tertiary/aromatic N) is 2. The van der Waals surface area contributed by atoms with Gasteiger partial charge >= 0.3 is 0 Å². The molecule has 0 atom stereocenters. The van der Waals surface area contributed by atoms with Crippen LogP contribution in [-0.4, -0.2) is 9.13 Å². The van der Waals surface area contributed by atoms with Gasteiger partial charge in [0.1, 0.15) is 0 Å². The lowest BCUT2D eigenvalue weighted by atomic mass is 9.80. The average molecular weight is 667 g/mol. The van der Waals surface area contributed by atoms with Crippen molar-refractivity contribution in [2.45, 2.75) is 12.8 Å². The van der Waals surface area contributed by atoms with Crippen LogP contribution >= 0.6 is 11.3 Å². The van der Waals surface area contributed by atoms with Gasteiger partial charge in [0, 0.05) is 53.1 Å². The summed E-state index contributed by atoms with van der Waals surface area (Å²) in [6, 6.07) is 58.8. The van der Waals surface area contributed by atoms with E-state index in [9.17, 15) is 0 Å². The minimum Gasteiger partial charge on any atom is -0.307 e. The maximum Gasteiger partial charge on any atom is 0.0792 e. The fraction of sp³-hybridized carbons (Fsp3) is 0.0417. The molecule has 1 aliphatic rings. The van der Waals surface area contributed by atoms with Gasteiger partial charge in [0.05, 0.1) is 22.1 Å². The summed E-state index contributed by atoms with van der Waals surface area (Å²) >= 11 is 1.88. The molecule has 0 N–H and O–H groups in total. The van der Waals surface area contributed by atoms with Crippen LogP contribution in [0.3, 0.4) is 0 Å². The molecule has 0 unspecified atom stereocenters. The minimum absolute atomic E-state index is 0.912. The zero-order chi connectivity index (χ0) is 33.2. The summed E-state index contributed by atoms with van der Waals surface area (Å²) in [5.74, 6) is 0. The van der Waals surface area contributed by atoms with Gasteiger partial charge in [0.25, 0.3) is 0 Å². The van der Waals surface area contributed by atoms with Gasteiger partial charge < -0.3 is 9.13 Å². The second-order valence-corrected chi connectivity index (χ2v) is 15.1. The van der Waals surface area contributed by atoms with E-state index in [1.807, 2.05) is 11.3 Å². The maximum atomic E-state index is 2.58. The molecule has 0 fully saturated rings. The number of fused-ring (bicyclic) bond motifs is 15. The highest BCUT2D eigenvalue weighted by Gasteiger charge is 2.30. The molecule has 0 saturated carbocycles. The second kappa shape index (κ2) is 10.2. The normalized spacial score (nSPS) is 12.9. The molecule has 8 aromatic carbocycles. The SMILES string of the molecule is c1ccc(-n2c3ccccc3c3c4c(c5c6ccccc6n(-c6ccc7sc8ccccc8c7c6)c5c32)Cc2cc3ccccc3cc2C4)cc1. The predicted molar refractivity (Wildman–Crippen MR) is 218 cm³/mol. The summed E-state index contributed by atoms with van der Waals surface area (Å²) in [6.07, 6.45) is 1.83. The predicted octanol–water partition coefficient (Wildman–Crippen LogP) is 12.9. The molecule has 11 aromatic rings. The number of hydrogen-bond donors (Lipinski definition) is 0. The summed E-state index contributed by atoms with van der Waals surface area (Å²) in [5, 5.41) is 10.7. The van der Waals surface area contributed by atoms with Gasteiger partial charge in [0.15, 0.2) is 0 Å². The van der Waals surface area contributed by atoms with Crippen LogP contribution in [0.1, 0.15) is 22.3 Å². The first-order chi connectivity index (χ1) is 25.3. The Balaban J connectivity index is 1.30. The van der Waals surface area contributed by atoms with Gasteiger partial charge in [-0.3, -0.25) is 0 Å². The van der Waals surface area contributed by atoms with Crippen molar-refractivity contribution in [2.75, 3.05) is 0 Å². The first-order valence-electron chi connectivity index (χ1n) is 17.8. The van der Waals surface area contributed by atoms with Crippen LogP contribution in [0.5, 0.6) is 0 Å². The molecule has 3 heteroatoms. The van der Waals surface area contributed by atoms with Gasteiger partial charge in [0.2, 0.25) is 0 Å². The van der Waals surface area contributed by atoms with E-state index in [1.54, 1.807) is 0 Å².